The van der Waals surface area contributed by atoms with E-state index in [0.717, 1.165) is 0 Å². The van der Waals surface area contributed by atoms with Crippen molar-refractivity contribution in [2.75, 3.05) is 0 Å². The molecule has 0 fully saturated rings. The summed E-state index contributed by atoms with van der Waals surface area (Å²) in [4.78, 5) is 3.59. The summed E-state index contributed by atoms with van der Waals surface area (Å²) in [5.74, 6) is 0. The Morgan fingerprint density at radius 1 is 1.07 bits per heavy atom. The van der Waals surface area contributed by atoms with Gasteiger partial charge in [0, 0.05) is 10.0 Å². The molecule has 0 aliphatic carbocycles. The van der Waals surface area contributed by atoms with Crippen LogP contribution in [-0.2, 0) is 20.0 Å². The number of hydrogen-bond acceptors (Lipinski definition) is 1. The van der Waals surface area contributed by atoms with Crippen molar-refractivity contribution in [1.29, 1.82) is 0 Å². The maximum Gasteiger partial charge on any atom is 0.133 e. The molecular formula is C8H6BrClF3N. The van der Waals surface area contributed by atoms with E-state index in [4.69, 9.17) is 11.6 Å². The Morgan fingerprint density at radius 2 is 1.64 bits per heavy atom. The van der Waals surface area contributed by atoms with Crippen LogP contribution in [0.3, 0.4) is 0 Å². The molecule has 0 radical (unpaired) electrons. The molecule has 1 aromatic heterocycles. The van der Waals surface area contributed by atoms with Gasteiger partial charge in [-0.15, -0.1) is 0 Å². The highest BCUT2D eigenvalue weighted by molar-refractivity contribution is 9.10. The quantitative estimate of drug-likeness (QED) is 0.822. The maximum atomic E-state index is 12.5. The first-order valence-electron chi connectivity index (χ1n) is 3.69. The first-order valence-corrected chi connectivity index (χ1v) is 4.86. The van der Waals surface area contributed by atoms with E-state index in [1.165, 1.54) is 0 Å². The van der Waals surface area contributed by atoms with Crippen LogP contribution in [0.25, 0.3) is 0 Å². The Labute approximate surface area is 92.4 Å². The van der Waals surface area contributed by atoms with Gasteiger partial charge in [0.25, 0.3) is 0 Å². The van der Waals surface area contributed by atoms with E-state index < -0.39 is 20.0 Å². The standard InChI is InChI=1S/C8H6BrClF3N/c9-7-4(1-11)5(2-12)14-6(3-13)8(7)10/h1-3H2. The maximum absolute atomic E-state index is 12.5. The lowest BCUT2D eigenvalue weighted by Crippen LogP contribution is -2.01. The lowest BCUT2D eigenvalue weighted by molar-refractivity contribution is 0.436. The topological polar surface area (TPSA) is 12.9 Å². The molecule has 1 nitrogen and oxygen atoms in total. The van der Waals surface area contributed by atoms with Gasteiger partial charge in [-0.25, -0.2) is 13.2 Å². The van der Waals surface area contributed by atoms with Crippen molar-refractivity contribution >= 4 is 27.5 Å². The lowest BCUT2D eigenvalue weighted by atomic mass is 10.2. The lowest BCUT2D eigenvalue weighted by Gasteiger charge is -2.09. The van der Waals surface area contributed by atoms with Gasteiger partial charge in [0.2, 0.25) is 0 Å². The van der Waals surface area contributed by atoms with Crippen LogP contribution in [-0.4, -0.2) is 4.98 Å². The molecule has 0 aliphatic rings. The van der Waals surface area contributed by atoms with Crippen LogP contribution >= 0.6 is 27.5 Å². The van der Waals surface area contributed by atoms with Crippen molar-refractivity contribution < 1.29 is 13.2 Å². The van der Waals surface area contributed by atoms with Gasteiger partial charge in [0.1, 0.15) is 20.0 Å². The first kappa shape index (κ1) is 11.8. The molecule has 1 rings (SSSR count). The summed E-state index contributed by atoms with van der Waals surface area (Å²) in [6.45, 7) is -2.74. The summed E-state index contributed by atoms with van der Waals surface area (Å²) in [6, 6.07) is 0. The largest absolute Gasteiger partial charge is 0.250 e. The number of pyridine rings is 1. The Hall–Kier alpha value is -0.290. The second-order valence-corrected chi connectivity index (χ2v) is 3.68. The predicted molar refractivity (Wildman–Crippen MR) is 51.4 cm³/mol. The van der Waals surface area contributed by atoms with E-state index in [9.17, 15) is 13.2 Å². The van der Waals surface area contributed by atoms with E-state index in [1.807, 2.05) is 0 Å². The van der Waals surface area contributed by atoms with E-state index in [-0.39, 0.29) is 26.4 Å². The van der Waals surface area contributed by atoms with Crippen LogP contribution in [0.15, 0.2) is 4.47 Å². The van der Waals surface area contributed by atoms with Gasteiger partial charge in [-0.1, -0.05) is 11.6 Å². The van der Waals surface area contributed by atoms with Gasteiger partial charge >= 0.3 is 0 Å². The Morgan fingerprint density at radius 3 is 2.07 bits per heavy atom. The van der Waals surface area contributed by atoms with E-state index in [2.05, 4.69) is 20.9 Å². The van der Waals surface area contributed by atoms with Crippen molar-refractivity contribution in [3.63, 3.8) is 0 Å². The number of nitrogens with zero attached hydrogens (tertiary/aromatic N) is 1. The van der Waals surface area contributed by atoms with Crippen LogP contribution in [0.2, 0.25) is 5.02 Å². The van der Waals surface area contributed by atoms with Crippen molar-refractivity contribution in [1.82, 2.24) is 4.98 Å². The minimum Gasteiger partial charge on any atom is -0.250 e. The number of alkyl halides is 3. The Balaban J connectivity index is 3.38. The molecule has 0 N–H and O–H groups in total. The number of aromatic nitrogens is 1. The SMILES string of the molecule is FCc1nc(CF)c(CF)c(Br)c1Cl. The zero-order valence-electron chi connectivity index (χ0n) is 6.96. The molecule has 6 heteroatoms. The molecule has 0 spiro atoms. The zero-order valence-corrected chi connectivity index (χ0v) is 9.30. The Kier molecular flexibility index (Phi) is 4.19. The number of halogens is 5. The van der Waals surface area contributed by atoms with Crippen molar-refractivity contribution in [3.8, 4) is 0 Å². The van der Waals surface area contributed by atoms with Gasteiger partial charge in [-0.05, 0) is 15.9 Å². The molecule has 0 unspecified atom stereocenters. The van der Waals surface area contributed by atoms with E-state index in [1.54, 1.807) is 0 Å². The minimum atomic E-state index is -0.942. The molecule has 0 bridgehead atoms. The molecule has 0 atom stereocenters. The molecule has 0 aromatic carbocycles. The molecule has 0 amide bonds. The summed E-state index contributed by atoms with van der Waals surface area (Å²) < 4.78 is 37.4. The van der Waals surface area contributed by atoms with Gasteiger partial charge in [0.15, 0.2) is 0 Å². The summed E-state index contributed by atoms with van der Waals surface area (Å²) in [5.41, 5.74) is -0.158. The summed E-state index contributed by atoms with van der Waals surface area (Å²) in [5, 5.41) is -0.00245. The first-order chi connectivity index (χ1) is 6.65. The van der Waals surface area contributed by atoms with E-state index in [0.29, 0.717) is 0 Å². The van der Waals surface area contributed by atoms with Crippen molar-refractivity contribution in [2.24, 2.45) is 0 Å². The zero-order chi connectivity index (χ0) is 10.7. The van der Waals surface area contributed by atoms with Crippen LogP contribution in [0.5, 0.6) is 0 Å². The normalized spacial score (nSPS) is 10.6. The summed E-state index contributed by atoms with van der Waals surface area (Å²) >= 11 is 8.65. The van der Waals surface area contributed by atoms with Crippen LogP contribution < -0.4 is 0 Å². The third-order valence-electron chi connectivity index (χ3n) is 1.72. The molecule has 1 heterocycles. The fraction of sp³-hybridized carbons (Fsp3) is 0.375. The second-order valence-electron chi connectivity index (χ2n) is 2.51. The molecular weight excluding hydrogens is 282 g/mol. The second kappa shape index (κ2) is 4.98. The molecule has 0 saturated carbocycles. The third-order valence-corrected chi connectivity index (χ3v) is 3.23. The van der Waals surface area contributed by atoms with E-state index >= 15 is 0 Å². The Bertz CT molecular complexity index is 346. The molecule has 78 valence electrons. The third kappa shape index (κ3) is 2.03. The van der Waals surface area contributed by atoms with Gasteiger partial charge in [-0.3, -0.25) is 4.98 Å². The summed E-state index contributed by atoms with van der Waals surface area (Å²) in [7, 11) is 0. The van der Waals surface area contributed by atoms with Gasteiger partial charge in [0.05, 0.1) is 16.4 Å². The molecule has 0 saturated heterocycles. The molecule has 1 aromatic rings. The van der Waals surface area contributed by atoms with Gasteiger partial charge < -0.3 is 0 Å². The highest BCUT2D eigenvalue weighted by Crippen LogP contribution is 2.32. The van der Waals surface area contributed by atoms with Crippen molar-refractivity contribution in [2.45, 2.75) is 20.0 Å². The highest BCUT2D eigenvalue weighted by Gasteiger charge is 2.16. The summed E-state index contributed by atoms with van der Waals surface area (Å²) in [6.07, 6.45) is 0. The smallest absolute Gasteiger partial charge is 0.133 e. The van der Waals surface area contributed by atoms with Crippen LogP contribution in [0.4, 0.5) is 13.2 Å². The van der Waals surface area contributed by atoms with Crippen LogP contribution in [0.1, 0.15) is 17.0 Å². The van der Waals surface area contributed by atoms with Crippen molar-refractivity contribution in [3.05, 3.63) is 26.4 Å². The highest BCUT2D eigenvalue weighted by atomic mass is 79.9. The number of rotatable bonds is 3. The monoisotopic (exact) mass is 287 g/mol. The fourth-order valence-corrected chi connectivity index (χ4v) is 1.77. The molecule has 14 heavy (non-hydrogen) atoms. The predicted octanol–water partition coefficient (Wildman–Crippen LogP) is 3.91. The number of hydrogen-bond donors (Lipinski definition) is 0. The van der Waals surface area contributed by atoms with Gasteiger partial charge in [-0.2, -0.15) is 0 Å². The fourth-order valence-electron chi connectivity index (χ4n) is 1.00. The minimum absolute atomic E-state index is 0.00245. The average molecular weight is 288 g/mol. The van der Waals surface area contributed by atoms with Crippen LogP contribution in [0, 0.1) is 0 Å². The average Bonchev–Trinajstić information content (AvgIpc) is 2.21. The molecule has 0 aliphatic heterocycles.